The highest BCUT2D eigenvalue weighted by molar-refractivity contribution is 5.49. The molecule has 2 fully saturated rings. The van der Waals surface area contributed by atoms with Gasteiger partial charge in [0.15, 0.2) is 0 Å². The van der Waals surface area contributed by atoms with Gasteiger partial charge in [-0.3, -0.25) is 4.90 Å². The summed E-state index contributed by atoms with van der Waals surface area (Å²) in [5.74, 6) is 0.623. The molecular weight excluding hydrogens is 232 g/mol. The van der Waals surface area contributed by atoms with Crippen LogP contribution in [0, 0.1) is 0 Å². The number of anilines is 1. The van der Waals surface area contributed by atoms with Gasteiger partial charge >= 0.3 is 0 Å². The van der Waals surface area contributed by atoms with Crippen LogP contribution in [-0.2, 0) is 0 Å². The fourth-order valence-corrected chi connectivity index (χ4v) is 3.60. The van der Waals surface area contributed by atoms with Crippen molar-refractivity contribution >= 4 is 5.69 Å². The highest BCUT2D eigenvalue weighted by Crippen LogP contribution is 2.29. The molecule has 2 saturated heterocycles. The molecule has 2 aliphatic rings. The molecule has 1 aromatic carbocycles. The van der Waals surface area contributed by atoms with E-state index >= 15 is 0 Å². The molecule has 1 aromatic rings. The van der Waals surface area contributed by atoms with Crippen LogP contribution in [0.5, 0.6) is 0 Å². The van der Waals surface area contributed by atoms with Crippen LogP contribution in [-0.4, -0.2) is 36.6 Å². The SMILES string of the molecule is CC(C)c1ccc(N2CC3CCCN3CC2C)cc1. The number of piperazine rings is 1. The van der Waals surface area contributed by atoms with Crippen molar-refractivity contribution in [1.82, 2.24) is 4.90 Å². The van der Waals surface area contributed by atoms with Gasteiger partial charge in [0.2, 0.25) is 0 Å². The van der Waals surface area contributed by atoms with Gasteiger partial charge in [-0.1, -0.05) is 26.0 Å². The smallest absolute Gasteiger partial charge is 0.0389 e. The fourth-order valence-electron chi connectivity index (χ4n) is 3.60. The minimum atomic E-state index is 0.623. The Morgan fingerprint density at radius 1 is 1.11 bits per heavy atom. The number of hydrogen-bond donors (Lipinski definition) is 0. The number of hydrogen-bond acceptors (Lipinski definition) is 2. The van der Waals surface area contributed by atoms with Crippen molar-refractivity contribution in [1.29, 1.82) is 0 Å². The lowest BCUT2D eigenvalue weighted by atomic mass is 10.0. The molecule has 19 heavy (non-hydrogen) atoms. The van der Waals surface area contributed by atoms with Crippen LogP contribution in [0.15, 0.2) is 24.3 Å². The lowest BCUT2D eigenvalue weighted by Crippen LogP contribution is -2.55. The standard InChI is InChI=1S/C17H26N2/c1-13(2)15-6-8-16(9-7-15)19-12-17-5-4-10-18(17)11-14(19)3/h6-9,13-14,17H,4-5,10-12H2,1-3H3. The first-order valence-corrected chi connectivity index (χ1v) is 7.76. The monoisotopic (exact) mass is 258 g/mol. The van der Waals surface area contributed by atoms with E-state index in [0.29, 0.717) is 12.0 Å². The van der Waals surface area contributed by atoms with E-state index in [9.17, 15) is 0 Å². The third kappa shape index (κ3) is 2.51. The van der Waals surface area contributed by atoms with E-state index in [1.54, 1.807) is 0 Å². The Balaban J connectivity index is 1.77. The maximum Gasteiger partial charge on any atom is 0.0389 e. The fraction of sp³-hybridized carbons (Fsp3) is 0.647. The Kier molecular flexibility index (Phi) is 3.53. The van der Waals surface area contributed by atoms with Crippen LogP contribution in [0.1, 0.15) is 45.1 Å². The molecule has 0 saturated carbocycles. The first-order valence-electron chi connectivity index (χ1n) is 7.76. The number of nitrogens with zero attached hydrogens (tertiary/aromatic N) is 2. The average Bonchev–Trinajstić information content (AvgIpc) is 2.85. The first kappa shape index (κ1) is 13.0. The molecule has 3 rings (SSSR count). The molecule has 0 amide bonds. The predicted molar refractivity (Wildman–Crippen MR) is 81.9 cm³/mol. The molecule has 0 bridgehead atoms. The summed E-state index contributed by atoms with van der Waals surface area (Å²) in [6.45, 7) is 10.6. The first-order chi connectivity index (χ1) is 9.15. The molecule has 104 valence electrons. The van der Waals surface area contributed by atoms with Crippen molar-refractivity contribution in [3.8, 4) is 0 Å². The summed E-state index contributed by atoms with van der Waals surface area (Å²) in [5.41, 5.74) is 2.85. The summed E-state index contributed by atoms with van der Waals surface area (Å²) in [6, 6.07) is 10.7. The maximum absolute atomic E-state index is 2.68. The molecule has 2 unspecified atom stereocenters. The van der Waals surface area contributed by atoms with Crippen molar-refractivity contribution in [3.63, 3.8) is 0 Å². The van der Waals surface area contributed by atoms with E-state index in [2.05, 4.69) is 54.8 Å². The molecule has 2 aliphatic heterocycles. The second kappa shape index (κ2) is 5.16. The zero-order chi connectivity index (χ0) is 13.4. The van der Waals surface area contributed by atoms with Gasteiger partial charge < -0.3 is 4.90 Å². The number of rotatable bonds is 2. The van der Waals surface area contributed by atoms with E-state index in [4.69, 9.17) is 0 Å². The van der Waals surface area contributed by atoms with Crippen LogP contribution in [0.25, 0.3) is 0 Å². The normalized spacial score (nSPS) is 27.9. The molecule has 0 N–H and O–H groups in total. The molecule has 0 aliphatic carbocycles. The quantitative estimate of drug-likeness (QED) is 0.801. The summed E-state index contributed by atoms with van der Waals surface area (Å²) in [4.78, 5) is 5.29. The van der Waals surface area contributed by atoms with Gasteiger partial charge in [-0.05, 0) is 49.9 Å². The van der Waals surface area contributed by atoms with E-state index in [1.165, 1.54) is 43.7 Å². The number of fused-ring (bicyclic) bond motifs is 1. The van der Waals surface area contributed by atoms with E-state index in [-0.39, 0.29) is 0 Å². The maximum atomic E-state index is 2.68. The zero-order valence-electron chi connectivity index (χ0n) is 12.5. The van der Waals surface area contributed by atoms with Crippen molar-refractivity contribution < 1.29 is 0 Å². The summed E-state index contributed by atoms with van der Waals surface area (Å²) in [7, 11) is 0. The van der Waals surface area contributed by atoms with Gasteiger partial charge in [-0.15, -0.1) is 0 Å². The minimum Gasteiger partial charge on any atom is -0.366 e. The molecule has 2 nitrogen and oxygen atoms in total. The van der Waals surface area contributed by atoms with Gasteiger partial charge in [-0.2, -0.15) is 0 Å². The van der Waals surface area contributed by atoms with Crippen LogP contribution in [0.4, 0.5) is 5.69 Å². The second-order valence-corrected chi connectivity index (χ2v) is 6.54. The average molecular weight is 258 g/mol. The van der Waals surface area contributed by atoms with Crippen LogP contribution >= 0.6 is 0 Å². The highest BCUT2D eigenvalue weighted by Gasteiger charge is 2.34. The Bertz CT molecular complexity index is 423. The zero-order valence-corrected chi connectivity index (χ0v) is 12.5. The van der Waals surface area contributed by atoms with Gasteiger partial charge in [0.25, 0.3) is 0 Å². The number of benzene rings is 1. The summed E-state index contributed by atoms with van der Waals surface area (Å²) < 4.78 is 0. The molecule has 2 atom stereocenters. The molecule has 2 heteroatoms. The minimum absolute atomic E-state index is 0.623. The summed E-state index contributed by atoms with van der Waals surface area (Å²) >= 11 is 0. The Morgan fingerprint density at radius 3 is 2.53 bits per heavy atom. The third-order valence-electron chi connectivity index (χ3n) is 4.83. The topological polar surface area (TPSA) is 6.48 Å². The predicted octanol–water partition coefficient (Wildman–Crippen LogP) is 3.48. The van der Waals surface area contributed by atoms with Crippen molar-refractivity contribution in [3.05, 3.63) is 29.8 Å². The second-order valence-electron chi connectivity index (χ2n) is 6.54. The lowest BCUT2D eigenvalue weighted by Gasteiger charge is -2.43. The van der Waals surface area contributed by atoms with Crippen molar-refractivity contribution in [2.75, 3.05) is 24.5 Å². The van der Waals surface area contributed by atoms with E-state index < -0.39 is 0 Å². The van der Waals surface area contributed by atoms with Crippen molar-refractivity contribution in [2.24, 2.45) is 0 Å². The van der Waals surface area contributed by atoms with Gasteiger partial charge in [0.05, 0.1) is 0 Å². The van der Waals surface area contributed by atoms with Crippen LogP contribution < -0.4 is 4.90 Å². The van der Waals surface area contributed by atoms with E-state index in [0.717, 1.165) is 6.04 Å². The third-order valence-corrected chi connectivity index (χ3v) is 4.83. The Morgan fingerprint density at radius 2 is 1.84 bits per heavy atom. The van der Waals surface area contributed by atoms with E-state index in [1.807, 2.05) is 0 Å². The van der Waals surface area contributed by atoms with Gasteiger partial charge in [-0.25, -0.2) is 0 Å². The van der Waals surface area contributed by atoms with Crippen LogP contribution in [0.2, 0.25) is 0 Å². The van der Waals surface area contributed by atoms with Gasteiger partial charge in [0.1, 0.15) is 0 Å². The Labute approximate surface area is 117 Å². The summed E-state index contributed by atoms with van der Waals surface area (Å²) in [5, 5.41) is 0. The summed E-state index contributed by atoms with van der Waals surface area (Å²) in [6.07, 6.45) is 2.77. The van der Waals surface area contributed by atoms with Crippen molar-refractivity contribution in [2.45, 2.75) is 51.6 Å². The molecule has 0 radical (unpaired) electrons. The molecular formula is C17H26N2. The molecule has 0 aromatic heterocycles. The molecule has 0 spiro atoms. The van der Waals surface area contributed by atoms with Gasteiger partial charge in [0, 0.05) is 30.9 Å². The highest BCUT2D eigenvalue weighted by atomic mass is 15.3. The Hall–Kier alpha value is -1.02. The lowest BCUT2D eigenvalue weighted by molar-refractivity contribution is 0.203. The largest absolute Gasteiger partial charge is 0.366 e. The van der Waals surface area contributed by atoms with Crippen LogP contribution in [0.3, 0.4) is 0 Å². The molecule has 2 heterocycles.